The molecule has 0 spiro atoms. The van der Waals surface area contributed by atoms with E-state index in [0.717, 1.165) is 12.6 Å². The van der Waals surface area contributed by atoms with Crippen LogP contribution in [0, 0.1) is 0 Å². The summed E-state index contributed by atoms with van der Waals surface area (Å²) in [5.74, 6) is 0.709. The van der Waals surface area contributed by atoms with Crippen LogP contribution < -0.4 is 14.2 Å². The first-order chi connectivity index (χ1) is 11.1. The van der Waals surface area contributed by atoms with Gasteiger partial charge < -0.3 is 19.0 Å². The molecule has 9 heteroatoms. The standard InChI is InChI=1S/C15H22N2O6S/c1-6-21-13-15(2,3)11-9-10(7-8-12(11)22-13)23-24(19,20)17(5)14(18)16-4/h7-9,13H,6H2,1-5H3,(H,16,18). The van der Waals surface area contributed by atoms with Crippen molar-refractivity contribution in [2.75, 3.05) is 20.7 Å². The number of carbonyl (C=O) groups excluding carboxylic acids is 1. The van der Waals surface area contributed by atoms with Gasteiger partial charge in [0.05, 0.1) is 5.41 Å². The first-order valence-electron chi connectivity index (χ1n) is 7.46. The minimum absolute atomic E-state index is 0.0957. The Morgan fingerprint density at radius 3 is 2.67 bits per heavy atom. The molecular weight excluding hydrogens is 336 g/mol. The molecule has 0 bridgehead atoms. The third kappa shape index (κ3) is 3.27. The highest BCUT2D eigenvalue weighted by Crippen LogP contribution is 2.44. The van der Waals surface area contributed by atoms with Crippen LogP contribution in [0.4, 0.5) is 4.79 Å². The Kier molecular flexibility index (Phi) is 4.95. The topological polar surface area (TPSA) is 94.2 Å². The van der Waals surface area contributed by atoms with Crippen LogP contribution in [0.3, 0.4) is 0 Å². The average molecular weight is 358 g/mol. The number of ether oxygens (including phenoxy) is 2. The summed E-state index contributed by atoms with van der Waals surface area (Å²) in [5, 5.41) is 2.22. The van der Waals surface area contributed by atoms with Crippen molar-refractivity contribution in [3.8, 4) is 11.5 Å². The first-order valence-corrected chi connectivity index (χ1v) is 8.82. The summed E-state index contributed by atoms with van der Waals surface area (Å²) in [7, 11) is -1.81. The number of benzene rings is 1. The predicted molar refractivity (Wildman–Crippen MR) is 87.3 cm³/mol. The van der Waals surface area contributed by atoms with Crippen molar-refractivity contribution < 1.29 is 26.9 Å². The number of carbonyl (C=O) groups is 1. The number of hydrogen-bond donors (Lipinski definition) is 1. The van der Waals surface area contributed by atoms with E-state index in [1.807, 2.05) is 20.8 Å². The number of rotatable bonds is 5. The third-order valence-electron chi connectivity index (χ3n) is 3.82. The van der Waals surface area contributed by atoms with Crippen molar-refractivity contribution in [1.82, 2.24) is 9.62 Å². The molecule has 2 amide bonds. The second-order valence-electron chi connectivity index (χ2n) is 5.85. The lowest BCUT2D eigenvalue weighted by Crippen LogP contribution is -2.41. The molecule has 0 saturated carbocycles. The van der Waals surface area contributed by atoms with Gasteiger partial charge in [0.25, 0.3) is 0 Å². The summed E-state index contributed by atoms with van der Waals surface area (Å²) >= 11 is 0. The molecule has 1 N–H and O–H groups in total. The fourth-order valence-corrected chi connectivity index (χ4v) is 3.14. The van der Waals surface area contributed by atoms with Crippen molar-refractivity contribution in [2.45, 2.75) is 32.5 Å². The molecule has 0 aliphatic carbocycles. The first kappa shape index (κ1) is 18.3. The summed E-state index contributed by atoms with van der Waals surface area (Å²) in [6.45, 7) is 6.25. The molecule has 1 aromatic rings. The number of nitrogens with zero attached hydrogens (tertiary/aromatic N) is 1. The van der Waals surface area contributed by atoms with Gasteiger partial charge in [0.15, 0.2) is 0 Å². The van der Waals surface area contributed by atoms with E-state index in [2.05, 4.69) is 5.32 Å². The number of hydrogen-bond acceptors (Lipinski definition) is 6. The largest absolute Gasteiger partial charge is 0.464 e. The van der Waals surface area contributed by atoms with Gasteiger partial charge in [-0.3, -0.25) is 0 Å². The third-order valence-corrected chi connectivity index (χ3v) is 5.06. The van der Waals surface area contributed by atoms with Gasteiger partial charge in [0.1, 0.15) is 11.5 Å². The predicted octanol–water partition coefficient (Wildman–Crippen LogP) is 1.61. The molecule has 1 unspecified atom stereocenters. The van der Waals surface area contributed by atoms with E-state index in [1.54, 1.807) is 12.1 Å². The second-order valence-corrected chi connectivity index (χ2v) is 7.42. The molecule has 24 heavy (non-hydrogen) atoms. The average Bonchev–Trinajstić information content (AvgIpc) is 2.77. The van der Waals surface area contributed by atoms with Crippen LogP contribution in [0.1, 0.15) is 26.3 Å². The summed E-state index contributed by atoms with van der Waals surface area (Å²) in [6, 6.07) is 3.89. The van der Waals surface area contributed by atoms with Crippen molar-refractivity contribution in [1.29, 1.82) is 0 Å². The lowest BCUT2D eigenvalue weighted by Gasteiger charge is -2.25. The molecule has 1 heterocycles. The maximum Gasteiger partial charge on any atom is 0.413 e. The highest BCUT2D eigenvalue weighted by molar-refractivity contribution is 7.85. The van der Waals surface area contributed by atoms with Gasteiger partial charge in [0, 0.05) is 26.3 Å². The van der Waals surface area contributed by atoms with Crippen LogP contribution in [-0.2, 0) is 20.5 Å². The van der Waals surface area contributed by atoms with Gasteiger partial charge in [-0.25, -0.2) is 4.79 Å². The number of nitrogens with one attached hydrogen (secondary N) is 1. The highest BCUT2D eigenvalue weighted by atomic mass is 32.2. The molecule has 1 aromatic carbocycles. The van der Waals surface area contributed by atoms with Gasteiger partial charge in [-0.2, -0.15) is 12.7 Å². The van der Waals surface area contributed by atoms with Crippen LogP contribution in [0.5, 0.6) is 11.5 Å². The zero-order chi connectivity index (χ0) is 18.1. The van der Waals surface area contributed by atoms with E-state index in [1.165, 1.54) is 13.1 Å². The van der Waals surface area contributed by atoms with Crippen LogP contribution in [0.2, 0.25) is 0 Å². The van der Waals surface area contributed by atoms with Crippen molar-refractivity contribution in [3.63, 3.8) is 0 Å². The molecule has 1 aliphatic heterocycles. The van der Waals surface area contributed by atoms with Crippen LogP contribution in [0.15, 0.2) is 18.2 Å². The molecular formula is C15H22N2O6S. The molecule has 0 saturated heterocycles. The molecule has 8 nitrogen and oxygen atoms in total. The molecule has 2 rings (SSSR count). The van der Waals surface area contributed by atoms with Gasteiger partial charge in [-0.1, -0.05) is 0 Å². The molecule has 0 aromatic heterocycles. The summed E-state index contributed by atoms with van der Waals surface area (Å²) in [4.78, 5) is 11.5. The fourth-order valence-electron chi connectivity index (χ4n) is 2.39. The maximum absolute atomic E-state index is 12.1. The van der Waals surface area contributed by atoms with Gasteiger partial charge in [-0.15, -0.1) is 0 Å². The Morgan fingerprint density at radius 1 is 1.42 bits per heavy atom. The van der Waals surface area contributed by atoms with E-state index < -0.39 is 28.0 Å². The van der Waals surface area contributed by atoms with E-state index in [0.29, 0.717) is 16.7 Å². The maximum atomic E-state index is 12.1. The van der Waals surface area contributed by atoms with Gasteiger partial charge in [0.2, 0.25) is 6.29 Å². The monoisotopic (exact) mass is 358 g/mol. The normalized spacial score (nSPS) is 18.5. The zero-order valence-corrected chi connectivity index (χ0v) is 15.1. The second kappa shape index (κ2) is 6.48. The lowest BCUT2D eigenvalue weighted by atomic mass is 9.85. The van der Waals surface area contributed by atoms with Crippen molar-refractivity contribution in [2.24, 2.45) is 0 Å². The van der Waals surface area contributed by atoms with Crippen LogP contribution in [0.25, 0.3) is 0 Å². The van der Waals surface area contributed by atoms with E-state index >= 15 is 0 Å². The summed E-state index contributed by atoms with van der Waals surface area (Å²) in [6.07, 6.45) is -0.460. The smallest absolute Gasteiger partial charge is 0.413 e. The Morgan fingerprint density at radius 2 is 2.08 bits per heavy atom. The zero-order valence-electron chi connectivity index (χ0n) is 14.3. The van der Waals surface area contributed by atoms with E-state index in [-0.39, 0.29) is 5.75 Å². The molecule has 1 atom stereocenters. The van der Waals surface area contributed by atoms with Crippen LogP contribution in [-0.4, -0.2) is 45.7 Å². The molecule has 1 aliphatic rings. The summed E-state index contributed by atoms with van der Waals surface area (Å²) in [5.41, 5.74) is 0.303. The minimum atomic E-state index is -4.25. The molecule has 134 valence electrons. The number of amides is 2. The lowest BCUT2D eigenvalue weighted by molar-refractivity contribution is -0.0981. The van der Waals surface area contributed by atoms with Crippen LogP contribution >= 0.6 is 0 Å². The van der Waals surface area contributed by atoms with Crippen molar-refractivity contribution >= 4 is 16.3 Å². The Balaban J connectivity index is 2.28. The van der Waals surface area contributed by atoms with Gasteiger partial charge >= 0.3 is 16.3 Å². The fraction of sp³-hybridized carbons (Fsp3) is 0.533. The number of fused-ring (bicyclic) bond motifs is 1. The Bertz CT molecular complexity index is 731. The SMILES string of the molecule is CCOC1Oc2ccc(OS(=O)(=O)N(C)C(=O)NC)cc2C1(C)C. The molecule has 0 fully saturated rings. The Hall–Kier alpha value is -2.00. The van der Waals surface area contributed by atoms with E-state index in [9.17, 15) is 13.2 Å². The minimum Gasteiger partial charge on any atom is -0.464 e. The number of urea groups is 1. The highest BCUT2D eigenvalue weighted by Gasteiger charge is 2.43. The van der Waals surface area contributed by atoms with Gasteiger partial charge in [-0.05, 0) is 39.0 Å². The Labute approximate surface area is 141 Å². The summed E-state index contributed by atoms with van der Waals surface area (Å²) < 4.78 is 41.1. The van der Waals surface area contributed by atoms with Crippen molar-refractivity contribution in [3.05, 3.63) is 23.8 Å². The van der Waals surface area contributed by atoms with E-state index in [4.69, 9.17) is 13.7 Å². The molecule has 0 radical (unpaired) electrons. The quantitative estimate of drug-likeness (QED) is 0.859.